The van der Waals surface area contributed by atoms with Gasteiger partial charge in [-0.3, -0.25) is 4.40 Å². The van der Waals surface area contributed by atoms with Gasteiger partial charge in [-0.2, -0.15) is 0 Å². The molecule has 0 radical (unpaired) electrons. The molecule has 0 bridgehead atoms. The van der Waals surface area contributed by atoms with Gasteiger partial charge in [-0.25, -0.2) is 4.98 Å². The third kappa shape index (κ3) is 1.48. The second-order valence-electron chi connectivity index (χ2n) is 2.33. The van der Waals surface area contributed by atoms with E-state index >= 15 is 0 Å². The largest absolute Gasteiger partial charge is 0.384 e. The molecule has 0 unspecified atom stereocenters. The molecule has 0 aliphatic rings. The molecule has 0 atom stereocenters. The zero-order chi connectivity index (χ0) is 9.10. The molecule has 0 aliphatic carbocycles. The highest BCUT2D eigenvalue weighted by molar-refractivity contribution is 5.42. The zero-order valence-corrected chi connectivity index (χ0v) is 6.68. The van der Waals surface area contributed by atoms with Gasteiger partial charge < -0.3 is 5.11 Å². The molecule has 0 spiro atoms. The van der Waals surface area contributed by atoms with Crippen molar-refractivity contribution >= 4 is 5.65 Å². The maximum absolute atomic E-state index is 8.47. The van der Waals surface area contributed by atoms with E-state index in [1.165, 1.54) is 0 Å². The summed E-state index contributed by atoms with van der Waals surface area (Å²) < 4.78 is 1.68. The van der Waals surface area contributed by atoms with Gasteiger partial charge in [0.05, 0.1) is 0 Å². The fourth-order valence-electron chi connectivity index (χ4n) is 0.926. The van der Waals surface area contributed by atoms with Crippen molar-refractivity contribution in [1.29, 1.82) is 0 Å². The lowest BCUT2D eigenvalue weighted by atomic mass is 10.4. The Balaban J connectivity index is 2.48. The van der Waals surface area contributed by atoms with Gasteiger partial charge >= 0.3 is 0 Å². The van der Waals surface area contributed by atoms with Gasteiger partial charge in [-0.1, -0.05) is 5.92 Å². The molecule has 0 saturated carbocycles. The third-order valence-electron chi connectivity index (χ3n) is 1.48. The number of hydrogen-bond donors (Lipinski definition) is 1. The Morgan fingerprint density at radius 3 is 3.23 bits per heavy atom. The van der Waals surface area contributed by atoms with Gasteiger partial charge in [-0.05, 0) is 5.92 Å². The topological polar surface area (TPSA) is 63.3 Å². The van der Waals surface area contributed by atoms with Crippen molar-refractivity contribution in [1.82, 2.24) is 19.6 Å². The average Bonchev–Trinajstić information content (AvgIpc) is 2.61. The Morgan fingerprint density at radius 1 is 1.46 bits per heavy atom. The van der Waals surface area contributed by atoms with Gasteiger partial charge in [0.2, 0.25) is 0 Å². The van der Waals surface area contributed by atoms with Gasteiger partial charge in [0.15, 0.2) is 5.65 Å². The second kappa shape index (κ2) is 3.21. The Labute approximate surface area is 74.1 Å². The van der Waals surface area contributed by atoms with Gasteiger partial charge in [0.1, 0.15) is 25.0 Å². The van der Waals surface area contributed by atoms with Crippen LogP contribution >= 0.6 is 0 Å². The van der Waals surface area contributed by atoms with Crippen LogP contribution in [0.1, 0.15) is 5.69 Å². The summed E-state index contributed by atoms with van der Waals surface area (Å²) in [5.74, 6) is 5.19. The first-order chi connectivity index (χ1) is 6.40. The molecule has 5 heteroatoms. The van der Waals surface area contributed by atoms with E-state index in [-0.39, 0.29) is 6.61 Å². The van der Waals surface area contributed by atoms with Crippen molar-refractivity contribution in [2.45, 2.75) is 0 Å². The summed E-state index contributed by atoms with van der Waals surface area (Å²) in [6.45, 7) is -0.167. The van der Waals surface area contributed by atoms with Crippen LogP contribution in [0.25, 0.3) is 5.65 Å². The fraction of sp³-hybridized carbons (Fsp3) is 0.125. The van der Waals surface area contributed by atoms with Crippen molar-refractivity contribution in [2.75, 3.05) is 6.61 Å². The Bertz CT molecular complexity index is 479. The lowest BCUT2D eigenvalue weighted by molar-refractivity contribution is 0.350. The molecule has 1 N–H and O–H groups in total. The van der Waals surface area contributed by atoms with Crippen LogP contribution in [0.5, 0.6) is 0 Å². The predicted molar refractivity (Wildman–Crippen MR) is 44.7 cm³/mol. The average molecular weight is 174 g/mol. The van der Waals surface area contributed by atoms with Gasteiger partial charge in [0, 0.05) is 6.07 Å². The van der Waals surface area contributed by atoms with Crippen LogP contribution in [-0.2, 0) is 0 Å². The first-order valence-corrected chi connectivity index (χ1v) is 3.65. The molecule has 2 aromatic rings. The van der Waals surface area contributed by atoms with E-state index < -0.39 is 0 Å². The summed E-state index contributed by atoms with van der Waals surface area (Å²) in [5, 5.41) is 16.0. The third-order valence-corrected chi connectivity index (χ3v) is 1.48. The minimum Gasteiger partial charge on any atom is -0.384 e. The first-order valence-electron chi connectivity index (χ1n) is 3.65. The van der Waals surface area contributed by atoms with Crippen molar-refractivity contribution in [2.24, 2.45) is 0 Å². The SMILES string of the molecule is OCC#Cc1cc2nncn2cn1. The number of rotatable bonds is 0. The van der Waals surface area contributed by atoms with E-state index in [9.17, 15) is 0 Å². The number of nitrogens with zero attached hydrogens (tertiary/aromatic N) is 4. The zero-order valence-electron chi connectivity index (χ0n) is 6.68. The predicted octanol–water partition coefficient (Wildman–Crippen LogP) is -0.532. The summed E-state index contributed by atoms with van der Waals surface area (Å²) in [6, 6.07) is 1.70. The van der Waals surface area contributed by atoms with Gasteiger partial charge in [-0.15, -0.1) is 10.2 Å². The number of hydrogen-bond acceptors (Lipinski definition) is 4. The van der Waals surface area contributed by atoms with Crippen LogP contribution in [0.15, 0.2) is 18.7 Å². The maximum atomic E-state index is 8.47. The molecule has 13 heavy (non-hydrogen) atoms. The van der Waals surface area contributed by atoms with Crippen LogP contribution < -0.4 is 0 Å². The summed E-state index contributed by atoms with van der Waals surface area (Å²) in [6.07, 6.45) is 3.14. The monoisotopic (exact) mass is 174 g/mol. The van der Waals surface area contributed by atoms with Crippen LogP contribution in [0.3, 0.4) is 0 Å². The maximum Gasteiger partial charge on any atom is 0.164 e. The molecule has 0 fully saturated rings. The number of aliphatic hydroxyl groups excluding tert-OH is 1. The van der Waals surface area contributed by atoms with Crippen LogP contribution in [-0.4, -0.2) is 31.3 Å². The first kappa shape index (κ1) is 7.71. The highest BCUT2D eigenvalue weighted by atomic mass is 16.2. The van der Waals surface area contributed by atoms with E-state index in [0.29, 0.717) is 11.3 Å². The van der Waals surface area contributed by atoms with Crippen molar-refractivity contribution in [3.8, 4) is 11.8 Å². The number of aromatic nitrogens is 4. The van der Waals surface area contributed by atoms with Gasteiger partial charge in [0.25, 0.3) is 0 Å². The molecular weight excluding hydrogens is 168 g/mol. The van der Waals surface area contributed by atoms with E-state index in [4.69, 9.17) is 5.11 Å². The second-order valence-corrected chi connectivity index (χ2v) is 2.33. The molecule has 2 aromatic heterocycles. The molecule has 0 saturated heterocycles. The number of fused-ring (bicyclic) bond motifs is 1. The quantitative estimate of drug-likeness (QED) is 0.545. The molecule has 0 amide bonds. The van der Waals surface area contributed by atoms with Crippen LogP contribution in [0.4, 0.5) is 0 Å². The van der Waals surface area contributed by atoms with Crippen molar-refractivity contribution < 1.29 is 5.11 Å². The Hall–Kier alpha value is -1.93. The Morgan fingerprint density at radius 2 is 2.38 bits per heavy atom. The van der Waals surface area contributed by atoms with E-state index in [1.807, 2.05) is 0 Å². The summed E-state index contributed by atoms with van der Waals surface area (Å²) >= 11 is 0. The fourth-order valence-corrected chi connectivity index (χ4v) is 0.926. The van der Waals surface area contributed by atoms with Crippen molar-refractivity contribution in [3.63, 3.8) is 0 Å². The highest BCUT2D eigenvalue weighted by Crippen LogP contribution is 1.98. The molecule has 0 aromatic carbocycles. The highest BCUT2D eigenvalue weighted by Gasteiger charge is 1.95. The van der Waals surface area contributed by atoms with Crippen LogP contribution in [0, 0.1) is 11.8 Å². The number of aliphatic hydroxyl groups is 1. The lowest BCUT2D eigenvalue weighted by Gasteiger charge is -1.90. The molecule has 2 rings (SSSR count). The molecule has 0 aliphatic heterocycles. The summed E-state index contributed by atoms with van der Waals surface area (Å²) in [7, 11) is 0. The minimum absolute atomic E-state index is 0.167. The molecular formula is C8H6N4O. The lowest BCUT2D eigenvalue weighted by Crippen LogP contribution is -1.89. The van der Waals surface area contributed by atoms with Crippen molar-refractivity contribution in [3.05, 3.63) is 24.4 Å². The van der Waals surface area contributed by atoms with Crippen LogP contribution in [0.2, 0.25) is 0 Å². The smallest absolute Gasteiger partial charge is 0.164 e. The van der Waals surface area contributed by atoms with E-state index in [2.05, 4.69) is 27.0 Å². The summed E-state index contributed by atoms with van der Waals surface area (Å²) in [4.78, 5) is 4.01. The summed E-state index contributed by atoms with van der Waals surface area (Å²) in [5.41, 5.74) is 1.27. The normalized spacial score (nSPS) is 9.62. The van der Waals surface area contributed by atoms with E-state index in [0.717, 1.165) is 0 Å². The minimum atomic E-state index is -0.167. The molecule has 2 heterocycles. The standard InChI is InChI=1S/C8H6N4O/c13-3-1-2-7-4-8-11-10-6-12(8)5-9-7/h4-6,13H,3H2. The molecule has 64 valence electrons. The molecule has 5 nitrogen and oxygen atoms in total. The Kier molecular flexibility index (Phi) is 1.90. The van der Waals surface area contributed by atoms with E-state index in [1.54, 1.807) is 23.1 Å².